The van der Waals surface area contributed by atoms with Gasteiger partial charge in [0.05, 0.1) is 14.2 Å². The molecule has 1 rings (SSSR count). The Morgan fingerprint density at radius 2 is 2.14 bits per heavy atom. The molecule has 0 spiro atoms. The van der Waals surface area contributed by atoms with Crippen molar-refractivity contribution >= 4 is 51.0 Å². The third-order valence-electron chi connectivity index (χ3n) is 1.41. The molecule has 2 nitrogen and oxygen atoms in total. The summed E-state index contributed by atoms with van der Waals surface area (Å²) in [7, 11) is 0. The van der Waals surface area contributed by atoms with Crippen LogP contribution in [0.3, 0.4) is 0 Å². The molecule has 1 heterocycles. The fourth-order valence-electron chi connectivity index (χ4n) is 0.767. The maximum atomic E-state index is 12.3. The van der Waals surface area contributed by atoms with E-state index in [9.17, 15) is 13.6 Å². The highest BCUT2D eigenvalue weighted by molar-refractivity contribution is 14.1. The van der Waals surface area contributed by atoms with E-state index in [4.69, 9.17) is 23.2 Å². The lowest BCUT2D eigenvalue weighted by Crippen LogP contribution is -2.01. The number of pyridine rings is 1. The number of carbonyl (C=O) groups excluding carboxylic acids is 1. The van der Waals surface area contributed by atoms with Crippen LogP contribution in [-0.4, -0.2) is 10.2 Å². The van der Waals surface area contributed by atoms with E-state index < -0.39 is 17.2 Å². The van der Waals surface area contributed by atoms with E-state index in [0.717, 1.165) is 6.20 Å². The van der Waals surface area contributed by atoms with Gasteiger partial charge in [-0.05, 0) is 34.2 Å². The van der Waals surface area contributed by atoms with Gasteiger partial charge < -0.3 is 0 Å². The molecule has 76 valence electrons. The van der Waals surface area contributed by atoms with Crippen molar-refractivity contribution in [3.63, 3.8) is 0 Å². The Morgan fingerprint density at radius 3 is 2.57 bits per heavy atom. The number of nitrogens with zero attached hydrogens (tertiary/aromatic N) is 1. The van der Waals surface area contributed by atoms with Crippen LogP contribution in [-0.2, 0) is 0 Å². The zero-order valence-corrected chi connectivity index (χ0v) is 10.1. The van der Waals surface area contributed by atoms with Gasteiger partial charge in [0.15, 0.2) is 0 Å². The summed E-state index contributed by atoms with van der Waals surface area (Å²) in [4.78, 5) is 14.3. The summed E-state index contributed by atoms with van der Waals surface area (Å²) in [6.45, 7) is 0. The van der Waals surface area contributed by atoms with Crippen LogP contribution in [0.5, 0.6) is 0 Å². The van der Waals surface area contributed by atoms with Gasteiger partial charge in [-0.15, -0.1) is 0 Å². The minimum Gasteiger partial charge on any atom is -0.274 e. The molecule has 0 bridgehead atoms. The number of rotatable bonds is 2. The minimum atomic E-state index is -2.72. The lowest BCUT2D eigenvalue weighted by atomic mass is 10.2. The predicted octanol–water partition coefficient (Wildman–Crippen LogP) is 3.66. The molecule has 0 unspecified atom stereocenters. The molecule has 1 aromatic heterocycles. The quantitative estimate of drug-likeness (QED) is 0.601. The summed E-state index contributed by atoms with van der Waals surface area (Å²) >= 11 is 12.4. The second kappa shape index (κ2) is 4.67. The summed E-state index contributed by atoms with van der Waals surface area (Å²) < 4.78 is 24.7. The largest absolute Gasteiger partial charge is 0.274 e. The Labute approximate surface area is 102 Å². The Kier molecular flexibility index (Phi) is 4.03. The normalized spacial score (nSPS) is 10.7. The van der Waals surface area contributed by atoms with Crippen LogP contribution in [0.2, 0.25) is 5.02 Å². The first-order valence-electron chi connectivity index (χ1n) is 3.27. The van der Waals surface area contributed by atoms with Crippen LogP contribution in [0.4, 0.5) is 8.78 Å². The first-order chi connectivity index (χ1) is 6.45. The van der Waals surface area contributed by atoms with Crippen molar-refractivity contribution in [3.05, 3.63) is 26.0 Å². The summed E-state index contributed by atoms with van der Waals surface area (Å²) in [6.07, 6.45) is -1.87. The van der Waals surface area contributed by atoms with Gasteiger partial charge in [0.1, 0.15) is 5.69 Å². The highest BCUT2D eigenvalue weighted by Gasteiger charge is 2.19. The van der Waals surface area contributed by atoms with E-state index in [1.54, 1.807) is 22.6 Å². The lowest BCUT2D eigenvalue weighted by Gasteiger charge is -2.06. The molecule has 0 amide bonds. The molecule has 7 heteroatoms. The van der Waals surface area contributed by atoms with Crippen molar-refractivity contribution in [3.8, 4) is 0 Å². The van der Waals surface area contributed by atoms with Gasteiger partial charge in [0.2, 0.25) is 0 Å². The van der Waals surface area contributed by atoms with Gasteiger partial charge in [-0.3, -0.25) is 9.78 Å². The van der Waals surface area contributed by atoms with E-state index in [0.29, 0.717) is 0 Å². The molecule has 0 aliphatic rings. The van der Waals surface area contributed by atoms with Gasteiger partial charge >= 0.3 is 0 Å². The van der Waals surface area contributed by atoms with Crippen molar-refractivity contribution in [2.75, 3.05) is 0 Å². The van der Waals surface area contributed by atoms with E-state index in [1.165, 1.54) is 0 Å². The van der Waals surface area contributed by atoms with E-state index in [2.05, 4.69) is 4.98 Å². The Morgan fingerprint density at radius 1 is 1.57 bits per heavy atom. The number of halogens is 5. The molecule has 0 atom stereocenters. The maximum Gasteiger partial charge on any atom is 0.271 e. The van der Waals surface area contributed by atoms with E-state index >= 15 is 0 Å². The summed E-state index contributed by atoms with van der Waals surface area (Å²) in [5, 5.41) is -1.00. The van der Waals surface area contributed by atoms with Crippen LogP contribution in [0.15, 0.2) is 6.20 Å². The number of alkyl halides is 2. The molecule has 0 saturated carbocycles. The summed E-state index contributed by atoms with van der Waals surface area (Å²) in [6, 6.07) is 0. The molecular formula is C7H2Cl2F2INO. The molecule has 0 radical (unpaired) electrons. The fraction of sp³-hybridized carbons (Fsp3) is 0.143. The summed E-state index contributed by atoms with van der Waals surface area (Å²) in [5.41, 5.74) is -0.514. The van der Waals surface area contributed by atoms with E-state index in [1.807, 2.05) is 0 Å². The van der Waals surface area contributed by atoms with Gasteiger partial charge in [0, 0.05) is 6.20 Å². The van der Waals surface area contributed by atoms with Crippen molar-refractivity contribution in [2.24, 2.45) is 0 Å². The van der Waals surface area contributed by atoms with Gasteiger partial charge in [-0.25, -0.2) is 8.78 Å². The van der Waals surface area contributed by atoms with Crippen molar-refractivity contribution < 1.29 is 13.6 Å². The molecule has 0 aromatic carbocycles. The molecule has 0 N–H and O–H groups in total. The molecule has 1 aromatic rings. The zero-order valence-electron chi connectivity index (χ0n) is 6.40. The van der Waals surface area contributed by atoms with Gasteiger partial charge in [-0.2, -0.15) is 0 Å². The molecule has 0 saturated heterocycles. The second-order valence-corrected chi connectivity index (χ2v) is 4.06. The number of aromatic nitrogens is 1. The number of hydrogen-bond donors (Lipinski definition) is 0. The molecule has 0 fully saturated rings. The topological polar surface area (TPSA) is 30.0 Å². The fourth-order valence-corrected chi connectivity index (χ4v) is 1.99. The second-order valence-electron chi connectivity index (χ2n) is 2.26. The first-order valence-corrected chi connectivity index (χ1v) is 5.10. The average molecular weight is 352 g/mol. The van der Waals surface area contributed by atoms with Crippen LogP contribution >= 0.6 is 45.8 Å². The monoisotopic (exact) mass is 351 g/mol. The number of carbonyl (C=O) groups is 1. The van der Waals surface area contributed by atoms with Crippen LogP contribution in [0.1, 0.15) is 22.5 Å². The standard InChI is InChI=1S/C7H2Cl2F2INO/c8-3-2(7(10)11)1-13-5(4(3)12)6(9)14/h1,7H. The van der Waals surface area contributed by atoms with Crippen LogP contribution < -0.4 is 0 Å². The van der Waals surface area contributed by atoms with Crippen molar-refractivity contribution in [2.45, 2.75) is 6.43 Å². The van der Waals surface area contributed by atoms with Gasteiger partial charge in [-0.1, -0.05) is 11.6 Å². The molecule has 14 heavy (non-hydrogen) atoms. The van der Waals surface area contributed by atoms with Crippen molar-refractivity contribution in [1.29, 1.82) is 0 Å². The molecule has 0 aliphatic heterocycles. The van der Waals surface area contributed by atoms with Crippen molar-refractivity contribution in [1.82, 2.24) is 4.98 Å². The maximum absolute atomic E-state index is 12.3. The highest BCUT2D eigenvalue weighted by Crippen LogP contribution is 2.31. The van der Waals surface area contributed by atoms with E-state index in [-0.39, 0.29) is 14.3 Å². The molecular weight excluding hydrogens is 350 g/mol. The van der Waals surface area contributed by atoms with Gasteiger partial charge in [0.25, 0.3) is 11.7 Å². The number of hydrogen-bond acceptors (Lipinski definition) is 2. The Hall–Kier alpha value is -0.0100. The predicted molar refractivity (Wildman–Crippen MR) is 57.1 cm³/mol. The third kappa shape index (κ3) is 2.32. The lowest BCUT2D eigenvalue weighted by molar-refractivity contribution is 0.107. The SMILES string of the molecule is O=C(Cl)c1ncc(C(F)F)c(Cl)c1I. The smallest absolute Gasteiger partial charge is 0.271 e. The minimum absolute atomic E-state index is 0.110. The molecule has 0 aliphatic carbocycles. The van der Waals surface area contributed by atoms with Crippen LogP contribution in [0.25, 0.3) is 0 Å². The Bertz CT molecular complexity index is 386. The Balaban J connectivity index is 3.33. The summed E-state index contributed by atoms with van der Waals surface area (Å²) in [5.74, 6) is 0. The van der Waals surface area contributed by atoms with Crippen LogP contribution in [0, 0.1) is 3.57 Å². The first kappa shape index (κ1) is 12.1. The average Bonchev–Trinajstić information content (AvgIpc) is 2.08. The highest BCUT2D eigenvalue weighted by atomic mass is 127. The zero-order chi connectivity index (χ0) is 10.9. The third-order valence-corrected chi connectivity index (χ3v) is 3.36.